The van der Waals surface area contributed by atoms with Crippen LogP contribution in [0.25, 0.3) is 0 Å². The number of nitrogens with zero attached hydrogens (tertiary/aromatic N) is 1. The molecule has 6 heteroatoms. The first-order valence-corrected chi connectivity index (χ1v) is 4.22. The molecule has 0 bridgehead atoms. The summed E-state index contributed by atoms with van der Waals surface area (Å²) in [4.78, 5) is 9.65. The fourth-order valence-electron chi connectivity index (χ4n) is 1.17. The maximum atomic E-state index is 13.4. The molecule has 0 saturated carbocycles. The van der Waals surface area contributed by atoms with Gasteiger partial charge in [-0.25, -0.2) is 4.39 Å². The fraction of sp³-hybridized carbons (Fsp3) is 0.333. The van der Waals surface area contributed by atoms with E-state index in [9.17, 15) is 14.5 Å². The maximum absolute atomic E-state index is 13.4. The van der Waals surface area contributed by atoms with E-state index in [-0.39, 0.29) is 11.3 Å². The topological polar surface area (TPSA) is 89.4 Å². The van der Waals surface area contributed by atoms with Gasteiger partial charge >= 0.3 is 0 Å². The summed E-state index contributed by atoms with van der Waals surface area (Å²) in [6, 6.07) is 3.15. The van der Waals surface area contributed by atoms with Crippen molar-refractivity contribution in [2.75, 3.05) is 6.61 Å². The lowest BCUT2D eigenvalue weighted by atomic mass is 9.93. The number of nitro groups is 1. The molecule has 15 heavy (non-hydrogen) atoms. The van der Waals surface area contributed by atoms with E-state index in [2.05, 4.69) is 0 Å². The SMILES string of the molecule is CC(N)(CO)c1ccc([N+](=O)[O-])cc1F. The van der Waals surface area contributed by atoms with Crippen LogP contribution in [-0.4, -0.2) is 16.6 Å². The number of aliphatic hydroxyl groups excluding tert-OH is 1. The second-order valence-electron chi connectivity index (χ2n) is 3.50. The zero-order valence-electron chi connectivity index (χ0n) is 8.11. The summed E-state index contributed by atoms with van der Waals surface area (Å²) in [7, 11) is 0. The van der Waals surface area contributed by atoms with Crippen LogP contribution in [0.5, 0.6) is 0 Å². The zero-order valence-corrected chi connectivity index (χ0v) is 8.11. The van der Waals surface area contributed by atoms with E-state index in [0.717, 1.165) is 12.1 Å². The highest BCUT2D eigenvalue weighted by molar-refractivity contribution is 5.37. The second kappa shape index (κ2) is 3.92. The van der Waals surface area contributed by atoms with Crippen LogP contribution in [0.2, 0.25) is 0 Å². The molecule has 1 unspecified atom stereocenters. The molecule has 0 fully saturated rings. The van der Waals surface area contributed by atoms with Gasteiger partial charge in [-0.15, -0.1) is 0 Å². The molecule has 1 aromatic carbocycles. The van der Waals surface area contributed by atoms with E-state index >= 15 is 0 Å². The quantitative estimate of drug-likeness (QED) is 0.577. The Morgan fingerprint density at radius 1 is 1.67 bits per heavy atom. The molecule has 0 aliphatic carbocycles. The fourth-order valence-corrected chi connectivity index (χ4v) is 1.17. The number of nitro benzene ring substituents is 1. The van der Waals surface area contributed by atoms with Gasteiger partial charge in [0.05, 0.1) is 23.1 Å². The highest BCUT2D eigenvalue weighted by atomic mass is 19.1. The van der Waals surface area contributed by atoms with Crippen molar-refractivity contribution >= 4 is 5.69 Å². The Morgan fingerprint density at radius 3 is 2.67 bits per heavy atom. The molecule has 1 aromatic rings. The van der Waals surface area contributed by atoms with Crippen LogP contribution in [0.4, 0.5) is 10.1 Å². The first-order valence-electron chi connectivity index (χ1n) is 4.22. The Morgan fingerprint density at radius 2 is 2.27 bits per heavy atom. The number of hydrogen-bond acceptors (Lipinski definition) is 4. The molecule has 0 radical (unpaired) electrons. The Bertz CT molecular complexity index is 393. The van der Waals surface area contributed by atoms with E-state index in [1.165, 1.54) is 13.0 Å². The van der Waals surface area contributed by atoms with E-state index < -0.39 is 22.9 Å². The number of nitrogens with two attached hydrogens (primary N) is 1. The first-order chi connectivity index (χ1) is 6.88. The highest BCUT2D eigenvalue weighted by Gasteiger charge is 2.25. The number of benzene rings is 1. The summed E-state index contributed by atoms with van der Waals surface area (Å²) < 4.78 is 13.4. The molecule has 0 saturated heterocycles. The first kappa shape index (κ1) is 11.5. The van der Waals surface area contributed by atoms with Crippen LogP contribution in [-0.2, 0) is 5.54 Å². The third kappa shape index (κ3) is 2.28. The number of hydrogen-bond donors (Lipinski definition) is 2. The molecule has 0 aliphatic heterocycles. The summed E-state index contributed by atoms with van der Waals surface area (Å²) >= 11 is 0. The highest BCUT2D eigenvalue weighted by Crippen LogP contribution is 2.24. The van der Waals surface area contributed by atoms with Crippen molar-refractivity contribution in [3.05, 3.63) is 39.7 Å². The summed E-state index contributed by atoms with van der Waals surface area (Å²) in [5, 5.41) is 19.3. The predicted molar refractivity (Wildman–Crippen MR) is 51.7 cm³/mol. The molecule has 82 valence electrons. The Balaban J connectivity index is 3.19. The minimum atomic E-state index is -1.24. The Labute approximate surface area is 85.5 Å². The minimum absolute atomic E-state index is 0.0515. The predicted octanol–water partition coefficient (Wildman–Crippen LogP) is 0.900. The molecular formula is C9H11FN2O3. The van der Waals surface area contributed by atoms with Crippen LogP contribution in [0.1, 0.15) is 12.5 Å². The average molecular weight is 214 g/mol. The number of aliphatic hydroxyl groups is 1. The van der Waals surface area contributed by atoms with Crippen LogP contribution in [0.15, 0.2) is 18.2 Å². The van der Waals surface area contributed by atoms with Gasteiger partial charge in [0.2, 0.25) is 0 Å². The summed E-state index contributed by atoms with van der Waals surface area (Å²) in [5.74, 6) is -0.789. The van der Waals surface area contributed by atoms with E-state index in [4.69, 9.17) is 10.8 Å². The van der Waals surface area contributed by atoms with Gasteiger partial charge in [-0.05, 0) is 13.0 Å². The minimum Gasteiger partial charge on any atom is -0.394 e. The van der Waals surface area contributed by atoms with E-state index in [0.29, 0.717) is 0 Å². The van der Waals surface area contributed by atoms with Gasteiger partial charge in [0.15, 0.2) is 0 Å². The molecule has 0 aliphatic rings. The number of rotatable bonds is 3. The van der Waals surface area contributed by atoms with Gasteiger partial charge in [-0.2, -0.15) is 0 Å². The molecule has 1 rings (SSSR count). The number of non-ortho nitro benzene ring substituents is 1. The third-order valence-electron chi connectivity index (χ3n) is 2.11. The second-order valence-corrected chi connectivity index (χ2v) is 3.50. The lowest BCUT2D eigenvalue weighted by Gasteiger charge is -2.22. The normalized spacial score (nSPS) is 14.7. The van der Waals surface area contributed by atoms with Crippen LogP contribution < -0.4 is 5.73 Å². The standard InChI is InChI=1S/C9H11FN2O3/c1-9(11,5-13)7-3-2-6(12(14)15)4-8(7)10/h2-4,13H,5,11H2,1H3. The summed E-state index contributed by atoms with van der Waals surface area (Å²) in [6.45, 7) is 0.999. The molecule has 0 amide bonds. The van der Waals surface area contributed by atoms with Crippen molar-refractivity contribution < 1.29 is 14.4 Å². The monoisotopic (exact) mass is 214 g/mol. The maximum Gasteiger partial charge on any atom is 0.272 e. The molecular weight excluding hydrogens is 203 g/mol. The lowest BCUT2D eigenvalue weighted by molar-refractivity contribution is -0.385. The van der Waals surface area contributed by atoms with Gasteiger partial charge in [-0.1, -0.05) is 0 Å². The average Bonchev–Trinajstić information content (AvgIpc) is 2.17. The summed E-state index contributed by atoms with van der Waals surface area (Å²) in [6.07, 6.45) is 0. The van der Waals surface area contributed by atoms with Crippen molar-refractivity contribution in [2.45, 2.75) is 12.5 Å². The Kier molecular flexibility index (Phi) is 3.01. The van der Waals surface area contributed by atoms with Crippen molar-refractivity contribution in [2.24, 2.45) is 5.73 Å². The lowest BCUT2D eigenvalue weighted by Crippen LogP contribution is -2.37. The van der Waals surface area contributed by atoms with Gasteiger partial charge in [-0.3, -0.25) is 10.1 Å². The summed E-state index contributed by atoms with van der Waals surface area (Å²) in [5.41, 5.74) is 4.08. The van der Waals surface area contributed by atoms with Crippen molar-refractivity contribution in [3.63, 3.8) is 0 Å². The molecule has 0 spiro atoms. The molecule has 1 atom stereocenters. The molecule has 0 aromatic heterocycles. The van der Waals surface area contributed by atoms with E-state index in [1.54, 1.807) is 0 Å². The van der Waals surface area contributed by atoms with Crippen LogP contribution in [0.3, 0.4) is 0 Å². The van der Waals surface area contributed by atoms with Gasteiger partial charge in [0.1, 0.15) is 5.82 Å². The van der Waals surface area contributed by atoms with Gasteiger partial charge < -0.3 is 10.8 Å². The Hall–Kier alpha value is -1.53. The largest absolute Gasteiger partial charge is 0.394 e. The van der Waals surface area contributed by atoms with Crippen LogP contribution in [0, 0.1) is 15.9 Å². The number of halogens is 1. The van der Waals surface area contributed by atoms with Crippen molar-refractivity contribution in [1.82, 2.24) is 0 Å². The van der Waals surface area contributed by atoms with Gasteiger partial charge in [0.25, 0.3) is 5.69 Å². The van der Waals surface area contributed by atoms with Crippen molar-refractivity contribution in [3.8, 4) is 0 Å². The molecule has 5 nitrogen and oxygen atoms in total. The molecule has 0 heterocycles. The zero-order chi connectivity index (χ0) is 11.6. The third-order valence-corrected chi connectivity index (χ3v) is 2.11. The smallest absolute Gasteiger partial charge is 0.272 e. The van der Waals surface area contributed by atoms with E-state index in [1.807, 2.05) is 0 Å². The van der Waals surface area contributed by atoms with Crippen LogP contribution >= 0.6 is 0 Å². The van der Waals surface area contributed by atoms with Crippen molar-refractivity contribution in [1.29, 1.82) is 0 Å². The van der Waals surface area contributed by atoms with Gasteiger partial charge in [0, 0.05) is 11.6 Å². The molecule has 3 N–H and O–H groups in total.